The van der Waals surface area contributed by atoms with E-state index in [2.05, 4.69) is 206 Å². The Kier molecular flexibility index (Phi) is 8.55. The highest BCUT2D eigenvalue weighted by Crippen LogP contribution is 2.59. The van der Waals surface area contributed by atoms with Crippen LogP contribution in [0.3, 0.4) is 0 Å². The number of hydrogen-bond acceptors (Lipinski definition) is 2. The van der Waals surface area contributed by atoms with Crippen molar-refractivity contribution < 1.29 is 0 Å². The summed E-state index contributed by atoms with van der Waals surface area (Å²) in [5.74, 6) is 0. The maximum absolute atomic E-state index is 4.75. The second kappa shape index (κ2) is 14.1. The average molecular weight is 679 g/mol. The van der Waals surface area contributed by atoms with Gasteiger partial charge in [-0.1, -0.05) is 188 Å². The second-order valence-electron chi connectivity index (χ2n) is 13.6. The lowest BCUT2D eigenvalue weighted by atomic mass is 9.67. The summed E-state index contributed by atoms with van der Waals surface area (Å²) < 4.78 is 0. The van der Waals surface area contributed by atoms with Gasteiger partial charge in [0.2, 0.25) is 0 Å². The van der Waals surface area contributed by atoms with Gasteiger partial charge in [-0.05, 0) is 79.4 Å². The number of hydrogen-bond donors (Lipinski definition) is 1. The zero-order valence-electron chi connectivity index (χ0n) is 29.4. The summed E-state index contributed by atoms with van der Waals surface area (Å²) in [4.78, 5) is 4.75. The molecule has 9 rings (SSSR count). The van der Waals surface area contributed by atoms with E-state index in [0.29, 0.717) is 6.54 Å². The van der Waals surface area contributed by atoms with E-state index in [4.69, 9.17) is 4.99 Å². The molecule has 1 aliphatic rings. The molecule has 0 spiro atoms. The van der Waals surface area contributed by atoms with Gasteiger partial charge < -0.3 is 5.32 Å². The lowest BCUT2D eigenvalue weighted by Gasteiger charge is -2.34. The fourth-order valence-corrected chi connectivity index (χ4v) is 8.09. The zero-order chi connectivity index (χ0) is 35.5. The third kappa shape index (κ3) is 5.95. The van der Waals surface area contributed by atoms with Crippen molar-refractivity contribution in [3.8, 4) is 33.4 Å². The van der Waals surface area contributed by atoms with Gasteiger partial charge in [0.15, 0.2) is 0 Å². The Labute approximate surface area is 311 Å². The molecule has 1 aliphatic carbocycles. The van der Waals surface area contributed by atoms with Crippen LogP contribution in [0.4, 0.5) is 11.4 Å². The molecule has 53 heavy (non-hydrogen) atoms. The van der Waals surface area contributed by atoms with E-state index in [0.717, 1.165) is 22.5 Å². The maximum atomic E-state index is 4.75. The first kappa shape index (κ1) is 32.2. The van der Waals surface area contributed by atoms with Gasteiger partial charge in [0.05, 0.1) is 12.0 Å². The zero-order valence-corrected chi connectivity index (χ0v) is 29.4. The number of nitrogens with one attached hydrogen (secondary N) is 1. The van der Waals surface area contributed by atoms with E-state index < -0.39 is 5.41 Å². The van der Waals surface area contributed by atoms with Crippen LogP contribution in [0.25, 0.3) is 33.4 Å². The minimum atomic E-state index is -0.485. The Hall–Kier alpha value is -6.77. The van der Waals surface area contributed by atoms with Crippen molar-refractivity contribution in [1.29, 1.82) is 0 Å². The van der Waals surface area contributed by atoms with Gasteiger partial charge >= 0.3 is 0 Å². The Morgan fingerprint density at radius 3 is 1.74 bits per heavy atom. The molecule has 8 aromatic rings. The molecule has 2 nitrogen and oxygen atoms in total. The summed E-state index contributed by atoms with van der Waals surface area (Å²) in [6.45, 7) is 0.649. The van der Waals surface area contributed by atoms with Crippen molar-refractivity contribution in [3.05, 3.63) is 240 Å². The number of benzene rings is 8. The van der Waals surface area contributed by atoms with Gasteiger partial charge in [-0.15, -0.1) is 0 Å². The molecule has 0 aromatic heterocycles. The smallest absolute Gasteiger partial charge is 0.0713 e. The fraction of sp³-hybridized carbons (Fsp3) is 0.0392. The molecule has 0 amide bonds. The van der Waals surface area contributed by atoms with Crippen LogP contribution in [0.1, 0.15) is 33.4 Å². The minimum Gasteiger partial charge on any atom is -0.355 e. The summed E-state index contributed by atoms with van der Waals surface area (Å²) >= 11 is 0. The lowest BCUT2D eigenvalue weighted by molar-refractivity contribution is 0.768. The summed E-state index contributed by atoms with van der Waals surface area (Å²) in [5, 5.41) is 3.87. The highest BCUT2D eigenvalue weighted by molar-refractivity contribution is 6.01. The van der Waals surface area contributed by atoms with E-state index in [9.17, 15) is 0 Å². The summed E-state index contributed by atoms with van der Waals surface area (Å²) in [6.07, 6.45) is 1.97. The molecular formula is C51H38N2. The van der Waals surface area contributed by atoms with Crippen molar-refractivity contribution in [2.24, 2.45) is 4.99 Å². The van der Waals surface area contributed by atoms with E-state index in [1.54, 1.807) is 0 Å². The predicted octanol–water partition coefficient (Wildman–Crippen LogP) is 12.7. The number of anilines is 2. The number of rotatable bonds is 9. The molecule has 0 fully saturated rings. The molecule has 0 saturated heterocycles. The van der Waals surface area contributed by atoms with Gasteiger partial charge in [0, 0.05) is 23.2 Å². The molecule has 0 saturated carbocycles. The van der Waals surface area contributed by atoms with E-state index in [1.165, 1.54) is 55.6 Å². The summed E-state index contributed by atoms with van der Waals surface area (Å²) in [7, 11) is 0. The van der Waals surface area contributed by atoms with Crippen molar-refractivity contribution in [2.75, 3.05) is 5.32 Å². The van der Waals surface area contributed by atoms with Crippen LogP contribution in [0.5, 0.6) is 0 Å². The monoisotopic (exact) mass is 678 g/mol. The van der Waals surface area contributed by atoms with E-state index in [1.807, 2.05) is 12.3 Å². The Balaban J connectivity index is 1.23. The van der Waals surface area contributed by atoms with Crippen molar-refractivity contribution in [1.82, 2.24) is 0 Å². The molecule has 1 N–H and O–H groups in total. The van der Waals surface area contributed by atoms with Gasteiger partial charge in [-0.3, -0.25) is 4.99 Å². The molecule has 2 heteroatoms. The lowest BCUT2D eigenvalue weighted by Crippen LogP contribution is -2.28. The van der Waals surface area contributed by atoms with Crippen molar-refractivity contribution in [2.45, 2.75) is 12.0 Å². The summed E-state index contributed by atoms with van der Waals surface area (Å²) in [5.41, 5.74) is 16.2. The van der Waals surface area contributed by atoms with Gasteiger partial charge in [0.1, 0.15) is 0 Å². The van der Waals surface area contributed by atoms with Crippen LogP contribution in [-0.4, -0.2) is 6.21 Å². The third-order valence-electron chi connectivity index (χ3n) is 10.4. The fourth-order valence-electron chi connectivity index (χ4n) is 8.09. The molecule has 0 atom stereocenters. The minimum absolute atomic E-state index is 0.485. The van der Waals surface area contributed by atoms with Crippen LogP contribution in [0.2, 0.25) is 0 Å². The first-order valence-electron chi connectivity index (χ1n) is 18.2. The Morgan fingerprint density at radius 1 is 0.453 bits per heavy atom. The molecular weight excluding hydrogens is 641 g/mol. The van der Waals surface area contributed by atoms with Gasteiger partial charge in [0.25, 0.3) is 0 Å². The third-order valence-corrected chi connectivity index (χ3v) is 10.4. The molecule has 252 valence electrons. The molecule has 0 heterocycles. The average Bonchev–Trinajstić information content (AvgIpc) is 3.53. The summed E-state index contributed by atoms with van der Waals surface area (Å²) in [6, 6.07) is 74.2. The highest BCUT2D eigenvalue weighted by atomic mass is 14.9. The van der Waals surface area contributed by atoms with Crippen LogP contribution in [-0.2, 0) is 12.0 Å². The Morgan fingerprint density at radius 2 is 1.04 bits per heavy atom. The number of fused-ring (bicyclic) bond motifs is 3. The van der Waals surface area contributed by atoms with E-state index in [-0.39, 0.29) is 0 Å². The molecule has 0 bridgehead atoms. The van der Waals surface area contributed by atoms with E-state index >= 15 is 0 Å². The highest BCUT2D eigenvalue weighted by Gasteiger charge is 2.47. The molecule has 0 aliphatic heterocycles. The predicted molar refractivity (Wildman–Crippen MR) is 222 cm³/mol. The standard InChI is InChI=1S/C51H38N2/c1-5-16-37(17-6-1)35-52-36-38-18-15-25-44(34-38)53-48-33-32-47-50(49(48)41-30-28-40(29-31-41)39-19-7-2-8-20-39)45-26-13-14-27-46(45)51(47,42-21-9-3-10-22-42)43-23-11-4-12-24-43/h1-34,36,53H,35H2/b52-36+. The molecule has 0 unspecified atom stereocenters. The quantitative estimate of drug-likeness (QED) is 0.151. The van der Waals surface area contributed by atoms with Crippen LogP contribution in [0.15, 0.2) is 211 Å². The first-order valence-corrected chi connectivity index (χ1v) is 18.2. The van der Waals surface area contributed by atoms with Crippen LogP contribution in [0, 0.1) is 0 Å². The van der Waals surface area contributed by atoms with Crippen molar-refractivity contribution >= 4 is 17.6 Å². The number of nitrogens with zero attached hydrogens (tertiary/aromatic N) is 1. The van der Waals surface area contributed by atoms with Gasteiger partial charge in [-0.2, -0.15) is 0 Å². The SMILES string of the molecule is C(=N\Cc1ccccc1)/c1cccc(Nc2ccc3c(c2-c2ccc(-c4ccccc4)cc2)-c2ccccc2C3(c2ccccc2)c2ccccc2)c1. The molecule has 0 radical (unpaired) electrons. The maximum Gasteiger partial charge on any atom is 0.0713 e. The first-order chi connectivity index (χ1) is 26.3. The second-order valence-corrected chi connectivity index (χ2v) is 13.6. The Bertz CT molecular complexity index is 2480. The number of aliphatic imine (C=N–C) groups is 1. The van der Waals surface area contributed by atoms with Crippen LogP contribution >= 0.6 is 0 Å². The van der Waals surface area contributed by atoms with Gasteiger partial charge in [-0.25, -0.2) is 0 Å². The van der Waals surface area contributed by atoms with Crippen LogP contribution < -0.4 is 5.32 Å². The normalized spacial score (nSPS) is 12.7. The largest absolute Gasteiger partial charge is 0.355 e. The van der Waals surface area contributed by atoms with Crippen molar-refractivity contribution in [3.63, 3.8) is 0 Å². The molecule has 8 aromatic carbocycles. The topological polar surface area (TPSA) is 24.4 Å².